The molecule has 0 saturated carbocycles. The number of hydrogen-bond acceptors (Lipinski definition) is 5. The first-order chi connectivity index (χ1) is 15.1. The summed E-state index contributed by atoms with van der Waals surface area (Å²) in [5.41, 5.74) is 0.977. The van der Waals surface area contributed by atoms with Crippen LogP contribution >= 0.6 is 0 Å². The summed E-state index contributed by atoms with van der Waals surface area (Å²) in [6.45, 7) is 2.13. The fourth-order valence-corrected chi connectivity index (χ4v) is 4.28. The second-order valence-electron chi connectivity index (χ2n) is 7.85. The summed E-state index contributed by atoms with van der Waals surface area (Å²) < 4.78 is 6.78. The average Bonchev–Trinajstić information content (AvgIpc) is 3.29. The number of carbonyl (C=O) groups is 3. The summed E-state index contributed by atoms with van der Waals surface area (Å²) in [4.78, 5) is 48.7. The number of nitrogens with zero attached hydrogens (tertiary/aromatic N) is 5. The molecule has 0 unspecified atom stereocenters. The second kappa shape index (κ2) is 9.30. The number of methoxy groups -OCH3 is 1. The number of ether oxygens (including phenoxy) is 1. The van der Waals surface area contributed by atoms with Crippen LogP contribution in [-0.4, -0.2) is 94.0 Å². The quantitative estimate of drug-likeness (QED) is 0.624. The van der Waals surface area contributed by atoms with Gasteiger partial charge in [-0.25, -0.2) is 4.98 Å². The molecule has 164 valence electrons. The molecule has 9 nitrogen and oxygen atoms in total. The second-order valence-corrected chi connectivity index (χ2v) is 7.85. The van der Waals surface area contributed by atoms with Crippen LogP contribution in [0.5, 0.6) is 0 Å². The molecule has 31 heavy (non-hydrogen) atoms. The SMILES string of the molecule is COCCN1CCN2C(=O)[C@H](Cc3ccccc3)N(C(=O)Cn3ccnc3)C[C@H]2C1=O. The van der Waals surface area contributed by atoms with Crippen molar-refractivity contribution in [3.05, 3.63) is 54.6 Å². The van der Waals surface area contributed by atoms with Gasteiger partial charge in [0.1, 0.15) is 18.6 Å². The molecule has 2 atom stereocenters. The number of carbonyl (C=O) groups excluding carboxylic acids is 3. The molecule has 0 spiro atoms. The van der Waals surface area contributed by atoms with Crippen molar-refractivity contribution in [2.75, 3.05) is 39.9 Å². The van der Waals surface area contributed by atoms with E-state index in [-0.39, 0.29) is 30.8 Å². The number of aromatic nitrogens is 2. The van der Waals surface area contributed by atoms with Gasteiger partial charge in [-0.15, -0.1) is 0 Å². The first-order valence-corrected chi connectivity index (χ1v) is 10.5. The number of hydrogen-bond donors (Lipinski definition) is 0. The van der Waals surface area contributed by atoms with Crippen molar-refractivity contribution in [1.82, 2.24) is 24.3 Å². The molecule has 4 rings (SSSR count). The van der Waals surface area contributed by atoms with Crippen LogP contribution in [-0.2, 0) is 32.1 Å². The van der Waals surface area contributed by atoms with E-state index in [9.17, 15) is 14.4 Å². The lowest BCUT2D eigenvalue weighted by atomic mass is 9.96. The van der Waals surface area contributed by atoms with Crippen molar-refractivity contribution in [3.8, 4) is 0 Å². The Labute approximate surface area is 181 Å². The van der Waals surface area contributed by atoms with Crippen LogP contribution in [0.25, 0.3) is 0 Å². The zero-order valence-electron chi connectivity index (χ0n) is 17.6. The van der Waals surface area contributed by atoms with Crippen LogP contribution in [0.2, 0.25) is 0 Å². The molecule has 2 aliphatic heterocycles. The average molecular weight is 425 g/mol. The van der Waals surface area contributed by atoms with Crippen molar-refractivity contribution in [2.24, 2.45) is 0 Å². The summed E-state index contributed by atoms with van der Waals surface area (Å²) in [6.07, 6.45) is 5.30. The minimum atomic E-state index is -0.656. The molecule has 3 amide bonds. The normalized spacial score (nSPS) is 21.4. The fraction of sp³-hybridized carbons (Fsp3) is 0.455. The summed E-state index contributed by atoms with van der Waals surface area (Å²) in [7, 11) is 1.59. The largest absolute Gasteiger partial charge is 0.383 e. The van der Waals surface area contributed by atoms with Crippen LogP contribution in [0.3, 0.4) is 0 Å². The van der Waals surface area contributed by atoms with Gasteiger partial charge < -0.3 is 24.0 Å². The van der Waals surface area contributed by atoms with Gasteiger partial charge in [-0.05, 0) is 5.56 Å². The van der Waals surface area contributed by atoms with Gasteiger partial charge in [-0.3, -0.25) is 14.4 Å². The molecule has 2 fully saturated rings. The van der Waals surface area contributed by atoms with Gasteiger partial charge in [-0.2, -0.15) is 0 Å². The maximum absolute atomic E-state index is 13.5. The lowest BCUT2D eigenvalue weighted by Crippen LogP contribution is -2.71. The standard InChI is InChI=1S/C22H27N5O4/c1-31-12-11-25-9-10-26-19(21(25)29)14-27(20(28)15-24-8-7-23-16-24)18(22(26)30)13-17-5-3-2-4-6-17/h2-8,16,18-19H,9-15H2,1H3/t18-,19-/m0/s1. The fourth-order valence-electron chi connectivity index (χ4n) is 4.28. The summed E-state index contributed by atoms with van der Waals surface area (Å²) in [5.74, 6) is -0.497. The minimum absolute atomic E-state index is 0.0763. The summed E-state index contributed by atoms with van der Waals surface area (Å²) in [6, 6.07) is 8.37. The van der Waals surface area contributed by atoms with Gasteiger partial charge in [0.05, 0.1) is 19.5 Å². The highest BCUT2D eigenvalue weighted by Gasteiger charge is 2.48. The van der Waals surface area contributed by atoms with Crippen LogP contribution in [0.15, 0.2) is 49.1 Å². The first-order valence-electron chi connectivity index (χ1n) is 10.5. The van der Waals surface area contributed by atoms with Crippen LogP contribution < -0.4 is 0 Å². The topological polar surface area (TPSA) is 88.0 Å². The lowest BCUT2D eigenvalue weighted by Gasteiger charge is -2.49. The predicted molar refractivity (Wildman–Crippen MR) is 112 cm³/mol. The van der Waals surface area contributed by atoms with Gasteiger partial charge in [0, 0.05) is 45.6 Å². The zero-order chi connectivity index (χ0) is 21.8. The van der Waals surface area contributed by atoms with E-state index in [0.29, 0.717) is 32.7 Å². The molecule has 0 aliphatic carbocycles. The molecule has 1 aromatic carbocycles. The zero-order valence-corrected chi connectivity index (χ0v) is 17.6. The third kappa shape index (κ3) is 4.46. The highest BCUT2D eigenvalue weighted by Crippen LogP contribution is 2.24. The van der Waals surface area contributed by atoms with Gasteiger partial charge in [0.15, 0.2) is 0 Å². The van der Waals surface area contributed by atoms with Crippen LogP contribution in [0.4, 0.5) is 0 Å². The smallest absolute Gasteiger partial charge is 0.247 e. The Bertz CT molecular complexity index is 917. The number of piperazine rings is 2. The van der Waals surface area contributed by atoms with Gasteiger partial charge in [0.2, 0.25) is 17.7 Å². The van der Waals surface area contributed by atoms with E-state index in [0.717, 1.165) is 5.56 Å². The summed E-state index contributed by atoms with van der Waals surface area (Å²) >= 11 is 0. The molecule has 2 aliphatic rings. The lowest BCUT2D eigenvalue weighted by molar-refractivity contribution is -0.166. The Morgan fingerprint density at radius 2 is 1.97 bits per heavy atom. The van der Waals surface area contributed by atoms with E-state index in [1.165, 1.54) is 0 Å². The van der Waals surface area contributed by atoms with E-state index < -0.39 is 12.1 Å². The van der Waals surface area contributed by atoms with Crippen molar-refractivity contribution in [1.29, 1.82) is 0 Å². The molecular formula is C22H27N5O4. The first kappa shape index (κ1) is 21.0. The molecule has 9 heteroatoms. The van der Waals surface area contributed by atoms with Crippen molar-refractivity contribution in [3.63, 3.8) is 0 Å². The summed E-state index contributed by atoms with van der Waals surface area (Å²) in [5, 5.41) is 0. The molecule has 3 heterocycles. The number of imidazole rings is 1. The molecule has 0 bridgehead atoms. The van der Waals surface area contributed by atoms with Crippen LogP contribution in [0.1, 0.15) is 5.56 Å². The van der Waals surface area contributed by atoms with E-state index in [1.807, 2.05) is 30.3 Å². The molecule has 0 radical (unpaired) electrons. The van der Waals surface area contributed by atoms with Crippen LogP contribution in [0, 0.1) is 0 Å². The molecule has 2 saturated heterocycles. The Morgan fingerprint density at radius 1 is 1.16 bits per heavy atom. The number of fused-ring (bicyclic) bond motifs is 1. The Morgan fingerprint density at radius 3 is 2.68 bits per heavy atom. The Kier molecular flexibility index (Phi) is 6.31. The number of benzene rings is 1. The van der Waals surface area contributed by atoms with E-state index in [2.05, 4.69) is 4.98 Å². The molecule has 2 aromatic rings. The molecule has 0 N–H and O–H groups in total. The van der Waals surface area contributed by atoms with Crippen molar-refractivity contribution < 1.29 is 19.1 Å². The predicted octanol–water partition coefficient (Wildman–Crippen LogP) is 0.0224. The molecule has 1 aromatic heterocycles. The van der Waals surface area contributed by atoms with Crippen molar-refractivity contribution >= 4 is 17.7 Å². The monoisotopic (exact) mass is 425 g/mol. The Hall–Kier alpha value is -3.20. The maximum Gasteiger partial charge on any atom is 0.247 e. The minimum Gasteiger partial charge on any atom is -0.383 e. The highest BCUT2D eigenvalue weighted by atomic mass is 16.5. The van der Waals surface area contributed by atoms with E-state index in [1.54, 1.807) is 45.1 Å². The van der Waals surface area contributed by atoms with Gasteiger partial charge >= 0.3 is 0 Å². The van der Waals surface area contributed by atoms with Gasteiger partial charge in [-0.1, -0.05) is 30.3 Å². The number of rotatable bonds is 7. The number of amides is 3. The third-order valence-electron chi connectivity index (χ3n) is 5.93. The molecular weight excluding hydrogens is 398 g/mol. The van der Waals surface area contributed by atoms with E-state index in [4.69, 9.17) is 4.74 Å². The Balaban J connectivity index is 1.58. The highest BCUT2D eigenvalue weighted by molar-refractivity contribution is 5.95. The van der Waals surface area contributed by atoms with E-state index >= 15 is 0 Å². The van der Waals surface area contributed by atoms with Crippen molar-refractivity contribution in [2.45, 2.75) is 25.0 Å². The third-order valence-corrected chi connectivity index (χ3v) is 5.93. The maximum atomic E-state index is 13.5. The van der Waals surface area contributed by atoms with Gasteiger partial charge in [0.25, 0.3) is 0 Å².